The van der Waals surface area contributed by atoms with E-state index < -0.39 is 6.16 Å². The Morgan fingerprint density at radius 2 is 1.08 bits per heavy atom. The molecule has 0 aromatic rings. The number of esters is 1. The molecule has 0 spiro atoms. The van der Waals surface area contributed by atoms with Gasteiger partial charge in [-0.3, -0.25) is 4.79 Å². The molecule has 0 rings (SSSR count). The van der Waals surface area contributed by atoms with Gasteiger partial charge in [-0.1, -0.05) is 150 Å². The lowest BCUT2D eigenvalue weighted by Crippen LogP contribution is -2.26. The fourth-order valence-electron chi connectivity index (χ4n) is 6.02. The van der Waals surface area contributed by atoms with Crippen molar-refractivity contribution in [2.24, 2.45) is 5.92 Å². The first-order valence-corrected chi connectivity index (χ1v) is 21.2. The van der Waals surface area contributed by atoms with Crippen LogP contribution in [0.5, 0.6) is 0 Å². The third-order valence-corrected chi connectivity index (χ3v) is 9.44. The second-order valence-electron chi connectivity index (χ2n) is 14.0. The Morgan fingerprint density at radius 1 is 0.560 bits per heavy atom. The number of hydrogen-bond acceptors (Lipinski definition) is 8. The highest BCUT2D eigenvalue weighted by Crippen LogP contribution is 2.17. The number of carbonyl (C=O) groups is 2. The monoisotopic (exact) mass is 713 g/mol. The molecule has 0 aromatic carbocycles. The second-order valence-corrected chi connectivity index (χ2v) is 14.0. The van der Waals surface area contributed by atoms with Crippen LogP contribution < -0.4 is 0 Å². The van der Waals surface area contributed by atoms with Crippen molar-refractivity contribution in [3.63, 3.8) is 0 Å². The molecule has 1 radical (unpaired) electrons. The van der Waals surface area contributed by atoms with Crippen LogP contribution in [-0.4, -0.2) is 76.0 Å². The number of ether oxygens (including phenoxy) is 5. The summed E-state index contributed by atoms with van der Waals surface area (Å²) in [4.78, 5) is 27.5. The van der Waals surface area contributed by atoms with Crippen molar-refractivity contribution in [3.05, 3.63) is 6.42 Å². The first-order valence-electron chi connectivity index (χ1n) is 21.2. The van der Waals surface area contributed by atoms with E-state index in [1.54, 1.807) is 0 Å². The van der Waals surface area contributed by atoms with Gasteiger partial charge in [0.05, 0.1) is 19.6 Å². The molecule has 0 saturated heterocycles. The highest BCUT2D eigenvalue weighted by atomic mass is 16.7. The maximum absolute atomic E-state index is 12.9. The third kappa shape index (κ3) is 33.7. The molecule has 8 heteroatoms. The predicted molar refractivity (Wildman–Crippen MR) is 207 cm³/mol. The van der Waals surface area contributed by atoms with Gasteiger partial charge in [0.1, 0.15) is 6.61 Å². The fraction of sp³-hybridized carbons (Fsp3) is 0.929. The van der Waals surface area contributed by atoms with Crippen molar-refractivity contribution in [2.45, 2.75) is 195 Å². The Kier molecular flexibility index (Phi) is 37.8. The third-order valence-electron chi connectivity index (χ3n) is 9.44. The van der Waals surface area contributed by atoms with Gasteiger partial charge in [0.15, 0.2) is 6.29 Å². The molecule has 0 N–H and O–H groups in total. The van der Waals surface area contributed by atoms with Gasteiger partial charge in [0.2, 0.25) is 0 Å². The standard InChI is InChI=1S/C42H82NO7/c1-6-11-14-17-20-21-22-23-26-30-39(38-50-42(45)48-36-29-33-43(9-4)10-5)37-49-40(44)31-32-41(46-34-27-24-18-15-12-7-2)47-35-28-25-19-16-13-8-3/h6,39,41H,7-38H2,1-5H3. The molecule has 0 fully saturated rings. The minimum Gasteiger partial charge on any atom is -0.465 e. The molecule has 0 saturated carbocycles. The number of carbonyl (C=O) groups excluding carboxylic acids is 2. The van der Waals surface area contributed by atoms with Crippen molar-refractivity contribution in [1.29, 1.82) is 0 Å². The molecule has 1 atom stereocenters. The van der Waals surface area contributed by atoms with Gasteiger partial charge in [-0.15, -0.1) is 0 Å². The van der Waals surface area contributed by atoms with Crippen LogP contribution in [0.25, 0.3) is 0 Å². The van der Waals surface area contributed by atoms with E-state index in [9.17, 15) is 9.59 Å². The summed E-state index contributed by atoms with van der Waals surface area (Å²) in [5.74, 6) is -0.305. The minimum absolute atomic E-state index is 0.0500. The maximum Gasteiger partial charge on any atom is 0.508 e. The summed E-state index contributed by atoms with van der Waals surface area (Å²) in [6, 6.07) is 0. The Bertz CT molecular complexity index is 700. The first kappa shape index (κ1) is 48.6. The topological polar surface area (TPSA) is 83.5 Å². The van der Waals surface area contributed by atoms with E-state index in [4.69, 9.17) is 23.7 Å². The lowest BCUT2D eigenvalue weighted by atomic mass is 10.0. The molecule has 0 bridgehead atoms. The Hall–Kier alpha value is -1.38. The SMILES string of the molecule is C[CH]CCCCCCCCCC(COC(=O)CCC(OCCCCCCCC)OCCCCCCCC)COC(=O)OCCCN(CC)CC. The predicted octanol–water partition coefficient (Wildman–Crippen LogP) is 11.6. The Labute approximate surface area is 309 Å². The van der Waals surface area contributed by atoms with Crippen LogP contribution in [0.2, 0.25) is 0 Å². The quantitative estimate of drug-likeness (QED) is 0.0354. The zero-order valence-corrected chi connectivity index (χ0v) is 33.7. The van der Waals surface area contributed by atoms with E-state index in [2.05, 4.69) is 45.9 Å². The van der Waals surface area contributed by atoms with E-state index in [0.717, 1.165) is 71.0 Å². The largest absolute Gasteiger partial charge is 0.508 e. The average molecular weight is 713 g/mol. The molecule has 0 aliphatic rings. The summed E-state index contributed by atoms with van der Waals surface area (Å²) < 4.78 is 28.8. The van der Waals surface area contributed by atoms with Gasteiger partial charge < -0.3 is 28.6 Å². The van der Waals surface area contributed by atoms with Crippen LogP contribution in [0, 0.1) is 12.3 Å². The lowest BCUT2D eigenvalue weighted by Gasteiger charge is -2.20. The van der Waals surface area contributed by atoms with E-state index >= 15 is 0 Å². The summed E-state index contributed by atoms with van der Waals surface area (Å²) in [5.41, 5.74) is 0. The van der Waals surface area contributed by atoms with Crippen molar-refractivity contribution >= 4 is 12.1 Å². The molecule has 50 heavy (non-hydrogen) atoms. The van der Waals surface area contributed by atoms with E-state index in [1.165, 1.54) is 89.9 Å². The van der Waals surface area contributed by atoms with Crippen molar-refractivity contribution in [3.8, 4) is 0 Å². The highest BCUT2D eigenvalue weighted by molar-refractivity contribution is 5.69. The zero-order valence-electron chi connectivity index (χ0n) is 33.7. The molecule has 0 aromatic heterocycles. The summed E-state index contributed by atoms with van der Waals surface area (Å²) in [6.45, 7) is 15.8. The van der Waals surface area contributed by atoms with E-state index in [1.807, 2.05) is 0 Å². The van der Waals surface area contributed by atoms with Crippen LogP contribution in [0.3, 0.4) is 0 Å². The van der Waals surface area contributed by atoms with E-state index in [-0.39, 0.29) is 37.8 Å². The molecular formula is C42H82NO7. The van der Waals surface area contributed by atoms with Crippen LogP contribution in [0.15, 0.2) is 0 Å². The molecule has 0 aliphatic carbocycles. The van der Waals surface area contributed by atoms with Crippen LogP contribution in [0.4, 0.5) is 4.79 Å². The second kappa shape index (κ2) is 38.8. The molecule has 8 nitrogen and oxygen atoms in total. The van der Waals surface area contributed by atoms with Crippen LogP contribution in [0.1, 0.15) is 189 Å². The van der Waals surface area contributed by atoms with Gasteiger partial charge >= 0.3 is 12.1 Å². The number of nitrogens with zero attached hydrogens (tertiary/aromatic N) is 1. The smallest absolute Gasteiger partial charge is 0.465 e. The average Bonchev–Trinajstić information content (AvgIpc) is 3.12. The summed E-state index contributed by atoms with van der Waals surface area (Å²) in [5, 5.41) is 0. The zero-order chi connectivity index (χ0) is 36.8. The Morgan fingerprint density at radius 3 is 1.64 bits per heavy atom. The van der Waals surface area contributed by atoms with Gasteiger partial charge in [-0.25, -0.2) is 4.79 Å². The molecule has 297 valence electrons. The van der Waals surface area contributed by atoms with Crippen molar-refractivity contribution in [2.75, 3.05) is 52.7 Å². The molecule has 0 heterocycles. The highest BCUT2D eigenvalue weighted by Gasteiger charge is 2.18. The van der Waals surface area contributed by atoms with Gasteiger partial charge in [0, 0.05) is 32.1 Å². The first-order chi connectivity index (χ1) is 24.5. The maximum atomic E-state index is 12.9. The van der Waals surface area contributed by atoms with E-state index in [0.29, 0.717) is 26.2 Å². The summed E-state index contributed by atoms with van der Waals surface area (Å²) >= 11 is 0. The molecular weight excluding hydrogens is 630 g/mol. The number of unbranched alkanes of at least 4 members (excludes halogenated alkanes) is 18. The number of rotatable bonds is 39. The lowest BCUT2D eigenvalue weighted by molar-refractivity contribution is -0.160. The minimum atomic E-state index is -0.641. The summed E-state index contributed by atoms with van der Waals surface area (Å²) in [6.07, 6.45) is 27.7. The van der Waals surface area contributed by atoms with Crippen LogP contribution >= 0.6 is 0 Å². The molecule has 0 aliphatic heterocycles. The fourth-order valence-corrected chi connectivity index (χ4v) is 6.02. The van der Waals surface area contributed by atoms with Gasteiger partial charge in [0.25, 0.3) is 0 Å². The molecule has 0 amide bonds. The summed E-state index contributed by atoms with van der Waals surface area (Å²) in [7, 11) is 0. The van der Waals surface area contributed by atoms with Gasteiger partial charge in [-0.2, -0.15) is 0 Å². The van der Waals surface area contributed by atoms with Crippen molar-refractivity contribution < 1.29 is 33.3 Å². The Balaban J connectivity index is 4.77. The van der Waals surface area contributed by atoms with Crippen LogP contribution in [-0.2, 0) is 28.5 Å². The van der Waals surface area contributed by atoms with Crippen molar-refractivity contribution in [1.82, 2.24) is 4.90 Å². The molecule has 1 unspecified atom stereocenters. The normalized spacial score (nSPS) is 12.1. The number of hydrogen-bond donors (Lipinski definition) is 0. The van der Waals surface area contributed by atoms with Gasteiger partial charge in [-0.05, 0) is 45.2 Å².